The maximum absolute atomic E-state index is 6.09. The van der Waals surface area contributed by atoms with E-state index in [9.17, 15) is 0 Å². The summed E-state index contributed by atoms with van der Waals surface area (Å²) in [6.07, 6.45) is 13.4. The molecule has 0 aromatic heterocycles. The molecule has 3 fully saturated rings. The molecule has 1 aliphatic heterocycles. The number of hydrogen-bond acceptors (Lipinski definition) is 2. The van der Waals surface area contributed by atoms with Crippen molar-refractivity contribution in [3.63, 3.8) is 0 Å². The molecule has 4 heteroatoms. The van der Waals surface area contributed by atoms with E-state index in [4.69, 9.17) is 5.73 Å². The van der Waals surface area contributed by atoms with E-state index in [2.05, 4.69) is 15.2 Å². The highest BCUT2D eigenvalue weighted by atomic mass is 15.2. The monoisotopic (exact) mass is 292 g/mol. The Morgan fingerprint density at radius 2 is 1.62 bits per heavy atom. The Morgan fingerprint density at radius 1 is 0.952 bits per heavy atom. The Morgan fingerprint density at radius 3 is 2.24 bits per heavy atom. The van der Waals surface area contributed by atoms with Crippen LogP contribution in [0.2, 0.25) is 0 Å². The molecule has 0 spiro atoms. The lowest BCUT2D eigenvalue weighted by Gasteiger charge is -2.31. The summed E-state index contributed by atoms with van der Waals surface area (Å²) < 4.78 is 0. The van der Waals surface area contributed by atoms with Gasteiger partial charge in [-0.15, -0.1) is 0 Å². The van der Waals surface area contributed by atoms with Crippen molar-refractivity contribution in [2.75, 3.05) is 19.6 Å². The van der Waals surface area contributed by atoms with E-state index in [0.29, 0.717) is 12.0 Å². The Hall–Kier alpha value is -0.770. The molecular formula is C17H32N4. The van der Waals surface area contributed by atoms with E-state index in [1.165, 1.54) is 77.3 Å². The highest BCUT2D eigenvalue weighted by Gasteiger charge is 2.31. The molecule has 3 rings (SSSR count). The summed E-state index contributed by atoms with van der Waals surface area (Å²) in [7, 11) is 0. The van der Waals surface area contributed by atoms with E-state index in [1.807, 2.05) is 0 Å². The quantitative estimate of drug-likeness (QED) is 0.475. The standard InChI is InChI=1S/C17H32N4/c18-17(20-15-5-3-1-2-4-6-15)19-13-14-9-11-21(12-10-14)16-7-8-16/h14-16H,1-13H2,(H3,18,19,20). The maximum Gasteiger partial charge on any atom is 0.188 e. The van der Waals surface area contributed by atoms with Gasteiger partial charge in [0.2, 0.25) is 0 Å². The molecular weight excluding hydrogens is 260 g/mol. The molecule has 0 atom stereocenters. The minimum absolute atomic E-state index is 0.563. The van der Waals surface area contributed by atoms with Crippen LogP contribution in [0.5, 0.6) is 0 Å². The maximum atomic E-state index is 6.09. The normalized spacial score (nSPS) is 27.5. The molecule has 2 aliphatic carbocycles. The molecule has 120 valence electrons. The Bertz CT molecular complexity index is 335. The molecule has 4 nitrogen and oxygen atoms in total. The number of nitrogens with zero attached hydrogens (tertiary/aromatic N) is 2. The minimum atomic E-state index is 0.563. The van der Waals surface area contributed by atoms with Crippen LogP contribution in [0, 0.1) is 5.92 Å². The second-order valence-corrected chi connectivity index (χ2v) is 7.27. The highest BCUT2D eigenvalue weighted by molar-refractivity contribution is 5.78. The van der Waals surface area contributed by atoms with E-state index in [0.717, 1.165) is 18.5 Å². The number of piperidine rings is 1. The fourth-order valence-electron chi connectivity index (χ4n) is 3.85. The molecule has 1 saturated heterocycles. The molecule has 1 heterocycles. The van der Waals surface area contributed by atoms with Gasteiger partial charge in [-0.3, -0.25) is 4.99 Å². The third-order valence-corrected chi connectivity index (χ3v) is 5.44. The van der Waals surface area contributed by atoms with Crippen molar-refractivity contribution in [1.82, 2.24) is 10.2 Å². The molecule has 0 aromatic carbocycles. The van der Waals surface area contributed by atoms with Gasteiger partial charge in [0.25, 0.3) is 0 Å². The van der Waals surface area contributed by atoms with E-state index < -0.39 is 0 Å². The molecule has 2 saturated carbocycles. The number of aliphatic imine (C=N–C) groups is 1. The molecule has 0 aromatic rings. The van der Waals surface area contributed by atoms with Crippen molar-refractivity contribution in [2.45, 2.75) is 76.3 Å². The van der Waals surface area contributed by atoms with Crippen LogP contribution in [0.15, 0.2) is 4.99 Å². The zero-order valence-corrected chi connectivity index (χ0v) is 13.4. The van der Waals surface area contributed by atoms with Gasteiger partial charge in [-0.25, -0.2) is 0 Å². The molecule has 0 unspecified atom stereocenters. The number of rotatable bonds is 4. The zero-order chi connectivity index (χ0) is 14.5. The van der Waals surface area contributed by atoms with Crippen molar-refractivity contribution in [3.05, 3.63) is 0 Å². The molecule has 0 radical (unpaired) electrons. The van der Waals surface area contributed by atoms with Crippen LogP contribution in [0.1, 0.15) is 64.2 Å². The fourth-order valence-corrected chi connectivity index (χ4v) is 3.85. The van der Waals surface area contributed by atoms with Gasteiger partial charge in [0, 0.05) is 18.6 Å². The van der Waals surface area contributed by atoms with Crippen molar-refractivity contribution in [1.29, 1.82) is 0 Å². The Balaban J connectivity index is 1.36. The summed E-state index contributed by atoms with van der Waals surface area (Å²) in [5.41, 5.74) is 6.09. The number of hydrogen-bond donors (Lipinski definition) is 2. The van der Waals surface area contributed by atoms with E-state index >= 15 is 0 Å². The van der Waals surface area contributed by atoms with Gasteiger partial charge in [0.15, 0.2) is 5.96 Å². The lowest BCUT2D eigenvalue weighted by atomic mass is 9.97. The van der Waals surface area contributed by atoms with Crippen molar-refractivity contribution < 1.29 is 0 Å². The second kappa shape index (κ2) is 7.48. The van der Waals surface area contributed by atoms with E-state index in [1.54, 1.807) is 0 Å². The van der Waals surface area contributed by atoms with Gasteiger partial charge in [-0.2, -0.15) is 0 Å². The predicted octanol–water partition coefficient (Wildman–Crippen LogP) is 2.49. The van der Waals surface area contributed by atoms with Gasteiger partial charge in [0.05, 0.1) is 0 Å². The van der Waals surface area contributed by atoms with Gasteiger partial charge < -0.3 is 16.0 Å². The first-order valence-electron chi connectivity index (χ1n) is 9.12. The zero-order valence-electron chi connectivity index (χ0n) is 13.4. The van der Waals surface area contributed by atoms with Crippen molar-refractivity contribution in [3.8, 4) is 0 Å². The van der Waals surface area contributed by atoms with Gasteiger partial charge >= 0.3 is 0 Å². The van der Waals surface area contributed by atoms with Gasteiger partial charge in [-0.05, 0) is 57.5 Å². The molecule has 0 bridgehead atoms. The van der Waals surface area contributed by atoms with Crippen LogP contribution < -0.4 is 11.1 Å². The first-order valence-corrected chi connectivity index (χ1v) is 9.12. The lowest BCUT2D eigenvalue weighted by Crippen LogP contribution is -2.40. The highest BCUT2D eigenvalue weighted by Crippen LogP contribution is 2.30. The van der Waals surface area contributed by atoms with Gasteiger partial charge in [0.1, 0.15) is 0 Å². The smallest absolute Gasteiger partial charge is 0.188 e. The van der Waals surface area contributed by atoms with Crippen LogP contribution in [0.4, 0.5) is 0 Å². The molecule has 3 N–H and O–H groups in total. The van der Waals surface area contributed by atoms with Crippen LogP contribution >= 0.6 is 0 Å². The molecule has 0 amide bonds. The van der Waals surface area contributed by atoms with E-state index in [-0.39, 0.29) is 0 Å². The first-order chi connectivity index (χ1) is 10.3. The number of guanidine groups is 1. The topological polar surface area (TPSA) is 53.6 Å². The summed E-state index contributed by atoms with van der Waals surface area (Å²) >= 11 is 0. The average molecular weight is 292 g/mol. The fraction of sp³-hybridized carbons (Fsp3) is 0.941. The average Bonchev–Trinajstić information content (AvgIpc) is 3.33. The van der Waals surface area contributed by atoms with Crippen molar-refractivity contribution >= 4 is 5.96 Å². The third-order valence-electron chi connectivity index (χ3n) is 5.44. The number of nitrogens with two attached hydrogens (primary N) is 1. The molecule has 3 aliphatic rings. The lowest BCUT2D eigenvalue weighted by molar-refractivity contribution is 0.179. The van der Waals surface area contributed by atoms with Crippen LogP contribution in [0.25, 0.3) is 0 Å². The minimum Gasteiger partial charge on any atom is -0.370 e. The Kier molecular flexibility index (Phi) is 5.39. The molecule has 21 heavy (non-hydrogen) atoms. The number of likely N-dealkylation sites (tertiary alicyclic amines) is 1. The van der Waals surface area contributed by atoms with Crippen LogP contribution in [-0.2, 0) is 0 Å². The SMILES string of the molecule is NC(=NCC1CCN(C2CC2)CC1)NC1CCCCCC1. The van der Waals surface area contributed by atoms with Gasteiger partial charge in [-0.1, -0.05) is 25.7 Å². The first kappa shape index (κ1) is 15.1. The predicted molar refractivity (Wildman–Crippen MR) is 88.4 cm³/mol. The summed E-state index contributed by atoms with van der Waals surface area (Å²) in [6.45, 7) is 3.48. The van der Waals surface area contributed by atoms with Crippen LogP contribution in [-0.4, -0.2) is 42.6 Å². The second-order valence-electron chi connectivity index (χ2n) is 7.27. The summed E-state index contributed by atoms with van der Waals surface area (Å²) in [5.74, 6) is 1.43. The third kappa shape index (κ3) is 4.87. The summed E-state index contributed by atoms with van der Waals surface area (Å²) in [6, 6.07) is 1.49. The summed E-state index contributed by atoms with van der Waals surface area (Å²) in [4.78, 5) is 7.30. The number of nitrogens with one attached hydrogen (secondary N) is 1. The van der Waals surface area contributed by atoms with Crippen LogP contribution in [0.3, 0.4) is 0 Å². The van der Waals surface area contributed by atoms with Crippen molar-refractivity contribution in [2.24, 2.45) is 16.6 Å². The summed E-state index contributed by atoms with van der Waals surface area (Å²) in [5, 5.41) is 3.45. The Labute approximate surface area is 129 Å². The largest absolute Gasteiger partial charge is 0.370 e.